The van der Waals surface area contributed by atoms with Crippen molar-refractivity contribution in [2.75, 3.05) is 0 Å². The van der Waals surface area contributed by atoms with E-state index in [1.807, 2.05) is 16.9 Å². The van der Waals surface area contributed by atoms with E-state index in [0.717, 1.165) is 37.8 Å². The van der Waals surface area contributed by atoms with Gasteiger partial charge in [-0.1, -0.05) is 12.8 Å². The molecule has 0 aliphatic heterocycles. The first-order chi connectivity index (χ1) is 11.6. The van der Waals surface area contributed by atoms with Gasteiger partial charge in [-0.25, -0.2) is 0 Å². The number of carbonyl (C=O) groups is 1. The Morgan fingerprint density at radius 1 is 1.38 bits per heavy atom. The Kier molecular flexibility index (Phi) is 4.45. The molecule has 1 aliphatic rings. The molecule has 1 amide bonds. The van der Waals surface area contributed by atoms with Crippen LogP contribution in [0.1, 0.15) is 42.1 Å². The number of carbonyl (C=O) groups excluding carboxylic acids is 1. The van der Waals surface area contributed by atoms with Gasteiger partial charge < -0.3 is 10.4 Å². The van der Waals surface area contributed by atoms with Crippen LogP contribution in [0, 0.1) is 10.1 Å². The number of amides is 1. The van der Waals surface area contributed by atoms with Crippen LogP contribution in [0.25, 0.3) is 0 Å². The molecule has 0 saturated heterocycles. The number of phenolic OH excluding ortho intramolecular Hbond substituents is 1. The zero-order valence-electron chi connectivity index (χ0n) is 13.0. The highest BCUT2D eigenvalue weighted by Crippen LogP contribution is 2.29. The molecule has 2 N–H and O–H groups in total. The van der Waals surface area contributed by atoms with Crippen molar-refractivity contribution in [3.8, 4) is 5.75 Å². The maximum absolute atomic E-state index is 12.4. The van der Waals surface area contributed by atoms with E-state index in [-0.39, 0.29) is 23.6 Å². The van der Waals surface area contributed by atoms with Crippen LogP contribution in [0.15, 0.2) is 36.7 Å². The second kappa shape index (κ2) is 6.69. The molecule has 126 valence electrons. The van der Waals surface area contributed by atoms with Crippen molar-refractivity contribution >= 4 is 11.6 Å². The molecule has 1 fully saturated rings. The molecule has 1 aromatic heterocycles. The molecule has 8 heteroatoms. The number of nitrogens with zero attached hydrogens (tertiary/aromatic N) is 3. The zero-order chi connectivity index (χ0) is 17.1. The van der Waals surface area contributed by atoms with Crippen LogP contribution >= 0.6 is 0 Å². The molecule has 3 rings (SSSR count). The molecule has 1 heterocycles. The van der Waals surface area contributed by atoms with Gasteiger partial charge in [-0.15, -0.1) is 0 Å². The number of aromatic hydroxyl groups is 1. The van der Waals surface area contributed by atoms with Crippen molar-refractivity contribution in [1.82, 2.24) is 15.1 Å². The second-order valence-corrected chi connectivity index (χ2v) is 5.88. The van der Waals surface area contributed by atoms with Crippen LogP contribution in [0.3, 0.4) is 0 Å². The summed E-state index contributed by atoms with van der Waals surface area (Å²) in [6, 6.07) is 5.48. The monoisotopic (exact) mass is 330 g/mol. The maximum Gasteiger partial charge on any atom is 0.310 e. The maximum atomic E-state index is 12.4. The van der Waals surface area contributed by atoms with Crippen LogP contribution in [0.4, 0.5) is 5.69 Å². The lowest BCUT2D eigenvalue weighted by Crippen LogP contribution is -2.43. The topological polar surface area (TPSA) is 110 Å². The molecule has 1 saturated carbocycles. The first kappa shape index (κ1) is 16.0. The molecule has 24 heavy (non-hydrogen) atoms. The van der Waals surface area contributed by atoms with E-state index >= 15 is 0 Å². The van der Waals surface area contributed by atoms with Crippen LogP contribution < -0.4 is 5.32 Å². The van der Waals surface area contributed by atoms with Crippen molar-refractivity contribution in [1.29, 1.82) is 0 Å². The number of rotatable bonds is 4. The highest BCUT2D eigenvalue weighted by Gasteiger charge is 2.28. The Balaban J connectivity index is 1.75. The Bertz CT molecular complexity index is 745. The van der Waals surface area contributed by atoms with E-state index < -0.39 is 16.4 Å². The van der Waals surface area contributed by atoms with Crippen LogP contribution in [-0.4, -0.2) is 31.8 Å². The first-order valence-electron chi connectivity index (χ1n) is 7.83. The molecule has 1 aromatic carbocycles. The van der Waals surface area contributed by atoms with Crippen molar-refractivity contribution in [2.45, 2.75) is 37.8 Å². The van der Waals surface area contributed by atoms with Gasteiger partial charge in [0.15, 0.2) is 5.75 Å². The fourth-order valence-electron chi connectivity index (χ4n) is 3.14. The predicted molar refractivity (Wildman–Crippen MR) is 85.7 cm³/mol. The van der Waals surface area contributed by atoms with Crippen LogP contribution in [-0.2, 0) is 0 Å². The van der Waals surface area contributed by atoms with Gasteiger partial charge in [0.2, 0.25) is 0 Å². The third-order valence-corrected chi connectivity index (χ3v) is 4.34. The van der Waals surface area contributed by atoms with E-state index in [4.69, 9.17) is 0 Å². The highest BCUT2D eigenvalue weighted by atomic mass is 16.6. The molecular weight excluding hydrogens is 312 g/mol. The summed E-state index contributed by atoms with van der Waals surface area (Å²) in [4.78, 5) is 22.5. The lowest BCUT2D eigenvalue weighted by molar-refractivity contribution is -0.385. The van der Waals surface area contributed by atoms with Gasteiger partial charge >= 0.3 is 5.69 Å². The molecule has 0 bridgehead atoms. The van der Waals surface area contributed by atoms with Gasteiger partial charge in [0.1, 0.15) is 0 Å². The number of nitro benzene ring substituents is 1. The quantitative estimate of drug-likeness (QED) is 0.660. The molecule has 8 nitrogen and oxygen atoms in total. The fraction of sp³-hybridized carbons (Fsp3) is 0.375. The van der Waals surface area contributed by atoms with Gasteiger partial charge in [0.05, 0.1) is 17.0 Å². The summed E-state index contributed by atoms with van der Waals surface area (Å²) in [5.74, 6) is -0.871. The minimum Gasteiger partial charge on any atom is -0.502 e. The van der Waals surface area contributed by atoms with E-state index in [1.54, 1.807) is 6.20 Å². The number of hydrogen-bond donors (Lipinski definition) is 2. The summed E-state index contributed by atoms with van der Waals surface area (Å²) in [7, 11) is 0. The summed E-state index contributed by atoms with van der Waals surface area (Å²) < 4.78 is 1.86. The number of hydrogen-bond acceptors (Lipinski definition) is 5. The molecule has 0 unspecified atom stereocenters. The molecule has 0 radical (unpaired) electrons. The minimum absolute atomic E-state index is 0.0662. The molecular formula is C16H18N4O4. The summed E-state index contributed by atoms with van der Waals surface area (Å²) in [6.45, 7) is 0. The Hall–Kier alpha value is -2.90. The van der Waals surface area contributed by atoms with E-state index in [9.17, 15) is 20.0 Å². The SMILES string of the molecule is O=C(N[C@@H]1CCCC[C@@H]1n1cccn1)c1ccc([N+](=O)[O-])c(O)c1. The highest BCUT2D eigenvalue weighted by molar-refractivity contribution is 5.95. The minimum atomic E-state index is -0.689. The van der Waals surface area contributed by atoms with Gasteiger partial charge in [0, 0.05) is 24.0 Å². The normalized spacial score (nSPS) is 20.5. The Morgan fingerprint density at radius 3 is 2.83 bits per heavy atom. The second-order valence-electron chi connectivity index (χ2n) is 5.88. The summed E-state index contributed by atoms with van der Waals surface area (Å²) >= 11 is 0. The standard InChI is InChI=1S/C16H18N4O4/c21-15-10-11(6-7-14(15)20(23)24)16(22)18-12-4-1-2-5-13(12)19-9-3-8-17-19/h3,6-10,12-13,21H,1-2,4-5H2,(H,18,22)/t12-,13+/m1/s1. The zero-order valence-corrected chi connectivity index (χ0v) is 13.0. The summed E-state index contributed by atoms with van der Waals surface area (Å²) in [5, 5.41) is 27.6. The summed E-state index contributed by atoms with van der Waals surface area (Å²) in [6.07, 6.45) is 7.46. The number of phenols is 1. The lowest BCUT2D eigenvalue weighted by Gasteiger charge is -2.32. The largest absolute Gasteiger partial charge is 0.502 e. The van der Waals surface area contributed by atoms with Gasteiger partial charge in [-0.3, -0.25) is 19.6 Å². The smallest absolute Gasteiger partial charge is 0.310 e. The number of nitrogens with one attached hydrogen (secondary N) is 1. The molecule has 2 atom stereocenters. The van der Waals surface area contributed by atoms with Crippen LogP contribution in [0.2, 0.25) is 0 Å². The van der Waals surface area contributed by atoms with Crippen LogP contribution in [0.5, 0.6) is 5.75 Å². The van der Waals surface area contributed by atoms with Crippen molar-refractivity contribution in [3.63, 3.8) is 0 Å². The molecule has 2 aromatic rings. The molecule has 1 aliphatic carbocycles. The van der Waals surface area contributed by atoms with E-state index in [1.165, 1.54) is 6.07 Å². The number of aromatic nitrogens is 2. The predicted octanol–water partition coefficient (Wildman–Crippen LogP) is 2.41. The summed E-state index contributed by atoms with van der Waals surface area (Å²) in [5.41, 5.74) is -0.221. The molecule has 0 spiro atoms. The van der Waals surface area contributed by atoms with Crippen molar-refractivity contribution in [2.24, 2.45) is 0 Å². The van der Waals surface area contributed by atoms with Gasteiger partial charge in [0.25, 0.3) is 5.91 Å². The Morgan fingerprint density at radius 2 is 2.17 bits per heavy atom. The third kappa shape index (κ3) is 3.22. The lowest BCUT2D eigenvalue weighted by atomic mass is 9.90. The van der Waals surface area contributed by atoms with Crippen molar-refractivity contribution in [3.05, 3.63) is 52.3 Å². The Labute approximate surface area is 138 Å². The fourth-order valence-corrected chi connectivity index (χ4v) is 3.14. The number of nitro groups is 1. The first-order valence-corrected chi connectivity index (χ1v) is 7.83. The van der Waals surface area contributed by atoms with Gasteiger partial charge in [-0.2, -0.15) is 5.10 Å². The van der Waals surface area contributed by atoms with Gasteiger partial charge in [-0.05, 0) is 31.0 Å². The number of benzene rings is 1. The average molecular weight is 330 g/mol. The third-order valence-electron chi connectivity index (χ3n) is 4.34. The van der Waals surface area contributed by atoms with Crippen molar-refractivity contribution < 1.29 is 14.8 Å². The van der Waals surface area contributed by atoms with E-state index in [2.05, 4.69) is 10.4 Å². The van der Waals surface area contributed by atoms with E-state index in [0.29, 0.717) is 0 Å². The average Bonchev–Trinajstić information content (AvgIpc) is 3.09.